The standard InChI is InChI=1S/C30H40O6/c1-8-9-10-11-12-13-14-15-26(33-35-29(31)27-22(4)16-20(2)17-23(27)5)34-36-30(32)28-24(6)18-21(3)19-25(28)7/h16-19H,1,8-15H2,2-7H3. The minimum absolute atomic E-state index is 0.0701. The number of hydrogen-bond acceptors (Lipinski definition) is 6. The first kappa shape index (κ1) is 29.5. The van der Waals surface area contributed by atoms with Gasteiger partial charge in [-0.05, 0) is 70.2 Å². The zero-order valence-corrected chi connectivity index (χ0v) is 22.6. The summed E-state index contributed by atoms with van der Waals surface area (Å²) in [4.78, 5) is 46.2. The second kappa shape index (κ2) is 14.8. The van der Waals surface area contributed by atoms with Crippen LogP contribution in [0, 0.1) is 54.8 Å². The molecule has 0 fully saturated rings. The van der Waals surface area contributed by atoms with Crippen molar-refractivity contribution in [2.45, 2.75) is 92.9 Å². The van der Waals surface area contributed by atoms with Gasteiger partial charge >= 0.3 is 18.2 Å². The SMILES string of the molecule is [CH2]CCCCCCCC[C](OOC(=O)c1c(C)cc(C)cc1C)OOC(=O)c1c(C)cc(C)cc1C. The predicted octanol–water partition coefficient (Wildman–Crippen LogP) is 7.86. The summed E-state index contributed by atoms with van der Waals surface area (Å²) < 4.78 is 0. The van der Waals surface area contributed by atoms with Crippen LogP contribution in [-0.2, 0) is 19.6 Å². The Labute approximate surface area is 216 Å². The highest BCUT2D eigenvalue weighted by Crippen LogP contribution is 2.23. The van der Waals surface area contributed by atoms with Gasteiger partial charge in [0.25, 0.3) is 0 Å². The van der Waals surface area contributed by atoms with Crippen molar-refractivity contribution in [1.82, 2.24) is 0 Å². The van der Waals surface area contributed by atoms with E-state index < -0.39 is 11.9 Å². The van der Waals surface area contributed by atoms with Gasteiger partial charge in [0.05, 0.1) is 11.1 Å². The van der Waals surface area contributed by atoms with Crippen LogP contribution in [0.15, 0.2) is 24.3 Å². The van der Waals surface area contributed by atoms with Crippen LogP contribution in [-0.4, -0.2) is 11.9 Å². The quantitative estimate of drug-likeness (QED) is 0.151. The van der Waals surface area contributed by atoms with Crippen molar-refractivity contribution in [2.24, 2.45) is 0 Å². The van der Waals surface area contributed by atoms with Gasteiger partial charge in [0, 0.05) is 6.42 Å². The van der Waals surface area contributed by atoms with E-state index in [0.717, 1.165) is 78.3 Å². The van der Waals surface area contributed by atoms with E-state index in [-0.39, 0.29) is 6.29 Å². The number of hydrogen-bond donors (Lipinski definition) is 0. The zero-order valence-electron chi connectivity index (χ0n) is 22.6. The van der Waals surface area contributed by atoms with Crippen molar-refractivity contribution >= 4 is 11.9 Å². The first-order chi connectivity index (χ1) is 17.1. The van der Waals surface area contributed by atoms with E-state index in [2.05, 4.69) is 6.92 Å². The summed E-state index contributed by atoms with van der Waals surface area (Å²) >= 11 is 0. The molecule has 0 aliphatic rings. The molecule has 0 aliphatic heterocycles. The Hall–Kier alpha value is -2.70. The lowest BCUT2D eigenvalue weighted by Crippen LogP contribution is -2.18. The van der Waals surface area contributed by atoms with Gasteiger partial charge in [-0.1, -0.05) is 80.8 Å². The van der Waals surface area contributed by atoms with Gasteiger partial charge in [0.2, 0.25) is 0 Å². The van der Waals surface area contributed by atoms with Gasteiger partial charge < -0.3 is 0 Å². The molecule has 0 spiro atoms. The van der Waals surface area contributed by atoms with Crippen LogP contribution in [0.4, 0.5) is 0 Å². The summed E-state index contributed by atoms with van der Waals surface area (Å²) in [7, 11) is 0. The van der Waals surface area contributed by atoms with Crippen molar-refractivity contribution < 1.29 is 29.1 Å². The van der Waals surface area contributed by atoms with Crippen molar-refractivity contribution in [1.29, 1.82) is 0 Å². The lowest BCUT2D eigenvalue weighted by molar-refractivity contribution is -0.364. The minimum atomic E-state index is -0.629. The molecule has 0 atom stereocenters. The van der Waals surface area contributed by atoms with E-state index >= 15 is 0 Å². The summed E-state index contributed by atoms with van der Waals surface area (Å²) in [5.74, 6) is -1.26. The van der Waals surface area contributed by atoms with Gasteiger partial charge in [0.1, 0.15) is 0 Å². The third-order valence-corrected chi connectivity index (χ3v) is 6.06. The van der Waals surface area contributed by atoms with Crippen LogP contribution in [0.3, 0.4) is 0 Å². The first-order valence-electron chi connectivity index (χ1n) is 12.7. The summed E-state index contributed by atoms with van der Waals surface area (Å²) in [5, 5.41) is 0. The maximum Gasteiger partial charge on any atom is 0.373 e. The Morgan fingerprint density at radius 3 is 1.33 bits per heavy atom. The van der Waals surface area contributed by atoms with Crippen LogP contribution in [0.25, 0.3) is 0 Å². The average molecular weight is 497 g/mol. The summed E-state index contributed by atoms with van der Waals surface area (Å²) in [5.41, 5.74) is 6.17. The Kier molecular flexibility index (Phi) is 12.1. The molecule has 2 aromatic rings. The van der Waals surface area contributed by atoms with Crippen LogP contribution in [0.1, 0.15) is 105 Å². The topological polar surface area (TPSA) is 71.1 Å². The Morgan fingerprint density at radius 2 is 0.944 bits per heavy atom. The van der Waals surface area contributed by atoms with E-state index in [1.54, 1.807) is 0 Å². The molecule has 0 unspecified atom stereocenters. The molecule has 196 valence electrons. The molecule has 0 heterocycles. The van der Waals surface area contributed by atoms with E-state index in [9.17, 15) is 9.59 Å². The molecule has 0 amide bonds. The highest BCUT2D eigenvalue weighted by molar-refractivity contribution is 5.93. The van der Waals surface area contributed by atoms with E-state index in [0.29, 0.717) is 17.5 Å². The smallest absolute Gasteiger partial charge is 0.289 e. The van der Waals surface area contributed by atoms with Crippen LogP contribution in [0.2, 0.25) is 0 Å². The van der Waals surface area contributed by atoms with Crippen LogP contribution < -0.4 is 0 Å². The largest absolute Gasteiger partial charge is 0.373 e. The van der Waals surface area contributed by atoms with Gasteiger partial charge in [-0.15, -0.1) is 9.78 Å². The molecule has 36 heavy (non-hydrogen) atoms. The Morgan fingerprint density at radius 1 is 0.583 bits per heavy atom. The molecule has 0 saturated heterocycles. The van der Waals surface area contributed by atoms with Crippen molar-refractivity contribution in [3.63, 3.8) is 0 Å². The lowest BCUT2D eigenvalue weighted by Gasteiger charge is -2.16. The molecule has 2 rings (SSSR count). The number of aryl methyl sites for hydroxylation is 6. The third kappa shape index (κ3) is 9.07. The molecule has 0 saturated carbocycles. The molecular weight excluding hydrogens is 456 g/mol. The molecule has 0 aliphatic carbocycles. The van der Waals surface area contributed by atoms with Gasteiger partial charge in [-0.2, -0.15) is 0 Å². The van der Waals surface area contributed by atoms with Gasteiger partial charge in [0.15, 0.2) is 0 Å². The van der Waals surface area contributed by atoms with Crippen molar-refractivity contribution in [3.05, 3.63) is 82.0 Å². The molecule has 6 heteroatoms. The number of unbranched alkanes of at least 4 members (excludes halogenated alkanes) is 6. The second-order valence-corrected chi connectivity index (χ2v) is 9.55. The molecule has 0 aromatic heterocycles. The number of carbonyl (C=O) groups excluding carboxylic acids is 2. The Balaban J connectivity index is 2.01. The lowest BCUT2D eigenvalue weighted by atomic mass is 10.0. The Bertz CT molecular complexity index is 907. The fourth-order valence-corrected chi connectivity index (χ4v) is 4.51. The molecule has 2 radical (unpaired) electrons. The maximum atomic E-state index is 12.7. The highest BCUT2D eigenvalue weighted by atomic mass is 17.3. The minimum Gasteiger partial charge on any atom is -0.289 e. The van der Waals surface area contributed by atoms with Crippen LogP contribution in [0.5, 0.6) is 0 Å². The molecule has 6 nitrogen and oxygen atoms in total. The monoisotopic (exact) mass is 496 g/mol. The fourth-order valence-electron chi connectivity index (χ4n) is 4.51. The number of rotatable bonds is 14. The van der Waals surface area contributed by atoms with E-state index in [4.69, 9.17) is 19.6 Å². The third-order valence-electron chi connectivity index (χ3n) is 6.06. The molecule has 0 N–H and O–H groups in total. The summed E-state index contributed by atoms with van der Waals surface area (Å²) in [6.07, 6.45) is 7.38. The average Bonchev–Trinajstić information content (AvgIpc) is 2.78. The van der Waals surface area contributed by atoms with E-state index in [1.165, 1.54) is 0 Å². The van der Waals surface area contributed by atoms with Gasteiger partial charge in [-0.25, -0.2) is 9.59 Å². The summed E-state index contributed by atoms with van der Waals surface area (Å²) in [6.45, 7) is 15.2. The molecular formula is C30H40O6. The maximum absolute atomic E-state index is 12.7. The normalized spacial score (nSPS) is 11.1. The highest BCUT2D eigenvalue weighted by Gasteiger charge is 2.24. The fraction of sp³-hybridized carbons (Fsp3) is 0.467. The van der Waals surface area contributed by atoms with Crippen molar-refractivity contribution in [2.75, 3.05) is 0 Å². The number of carbonyl (C=O) groups is 2. The second-order valence-electron chi connectivity index (χ2n) is 9.55. The van der Waals surface area contributed by atoms with Crippen LogP contribution >= 0.6 is 0 Å². The number of benzene rings is 2. The summed E-state index contributed by atoms with van der Waals surface area (Å²) in [6, 6.07) is 7.64. The molecule has 0 bridgehead atoms. The van der Waals surface area contributed by atoms with Gasteiger partial charge in [-0.3, -0.25) is 9.78 Å². The molecule has 2 aromatic carbocycles. The van der Waals surface area contributed by atoms with Crippen molar-refractivity contribution in [3.8, 4) is 0 Å². The first-order valence-corrected chi connectivity index (χ1v) is 12.7. The van der Waals surface area contributed by atoms with E-state index in [1.807, 2.05) is 65.8 Å². The zero-order chi connectivity index (χ0) is 26.7. The predicted molar refractivity (Wildman–Crippen MR) is 140 cm³/mol.